The van der Waals surface area contributed by atoms with Crippen molar-refractivity contribution in [2.45, 2.75) is 19.1 Å². The summed E-state index contributed by atoms with van der Waals surface area (Å²) in [5.74, 6) is -0.588. The number of nitrogens with one attached hydrogen (secondary N) is 1. The van der Waals surface area contributed by atoms with E-state index in [9.17, 15) is 22.8 Å². The molecule has 0 unspecified atom stereocenters. The molecule has 0 aliphatic carbocycles. The number of rotatable bonds is 5. The van der Waals surface area contributed by atoms with Gasteiger partial charge in [-0.25, -0.2) is 0 Å². The summed E-state index contributed by atoms with van der Waals surface area (Å²) in [4.78, 5) is 22.7. The Bertz CT molecular complexity index is 497. The van der Waals surface area contributed by atoms with E-state index < -0.39 is 29.8 Å². The fourth-order valence-electron chi connectivity index (χ4n) is 1.34. The highest BCUT2D eigenvalue weighted by atomic mass is 19.4. The van der Waals surface area contributed by atoms with Gasteiger partial charge in [0.2, 0.25) is 5.91 Å². The van der Waals surface area contributed by atoms with Gasteiger partial charge in [0.1, 0.15) is 6.54 Å². The number of amides is 1. The summed E-state index contributed by atoms with van der Waals surface area (Å²) in [5, 5.41) is 10.9. The van der Waals surface area contributed by atoms with E-state index in [0.717, 1.165) is 6.07 Å². The van der Waals surface area contributed by atoms with Crippen LogP contribution in [0.1, 0.15) is 12.0 Å². The van der Waals surface area contributed by atoms with Crippen LogP contribution in [0.15, 0.2) is 23.1 Å². The number of aromatic nitrogens is 1. The third-order valence-electron chi connectivity index (χ3n) is 2.28. The Morgan fingerprint density at radius 2 is 2.05 bits per heavy atom. The highest BCUT2D eigenvalue weighted by molar-refractivity contribution is 5.75. The van der Waals surface area contributed by atoms with E-state index in [1.807, 2.05) is 0 Å². The van der Waals surface area contributed by atoms with Crippen LogP contribution in [0.2, 0.25) is 0 Å². The molecule has 1 amide bonds. The standard InChI is InChI=1S/C11H13F3N2O3/c12-11(13,14)8-2-3-10(19)16(6-8)7-9(18)15-4-1-5-17/h2-3,6,17H,1,4-5,7H2,(H,15,18). The monoisotopic (exact) mass is 278 g/mol. The summed E-state index contributed by atoms with van der Waals surface area (Å²) in [6.07, 6.45) is -3.62. The summed E-state index contributed by atoms with van der Waals surface area (Å²) in [6, 6.07) is 1.44. The van der Waals surface area contributed by atoms with Crippen LogP contribution in [0.4, 0.5) is 13.2 Å². The molecule has 0 saturated carbocycles. The van der Waals surface area contributed by atoms with E-state index in [4.69, 9.17) is 5.11 Å². The number of alkyl halides is 3. The molecule has 0 aromatic carbocycles. The molecule has 1 rings (SSSR count). The van der Waals surface area contributed by atoms with Gasteiger partial charge >= 0.3 is 6.18 Å². The molecule has 1 heterocycles. The maximum absolute atomic E-state index is 12.4. The Morgan fingerprint density at radius 3 is 2.63 bits per heavy atom. The zero-order chi connectivity index (χ0) is 14.5. The Morgan fingerprint density at radius 1 is 1.37 bits per heavy atom. The smallest absolute Gasteiger partial charge is 0.396 e. The Hall–Kier alpha value is -1.83. The van der Waals surface area contributed by atoms with Gasteiger partial charge in [0.25, 0.3) is 5.56 Å². The fourth-order valence-corrected chi connectivity index (χ4v) is 1.34. The first-order valence-electron chi connectivity index (χ1n) is 5.50. The zero-order valence-corrected chi connectivity index (χ0v) is 9.91. The Kier molecular flexibility index (Phi) is 5.11. The SMILES string of the molecule is O=C(Cn1cc(C(F)(F)F)ccc1=O)NCCCO. The molecule has 1 aromatic rings. The van der Waals surface area contributed by atoms with E-state index in [1.54, 1.807) is 0 Å². The van der Waals surface area contributed by atoms with Gasteiger partial charge in [-0.2, -0.15) is 13.2 Å². The van der Waals surface area contributed by atoms with Crippen LogP contribution in [0.3, 0.4) is 0 Å². The molecule has 0 spiro atoms. The van der Waals surface area contributed by atoms with Crippen LogP contribution in [-0.4, -0.2) is 28.7 Å². The van der Waals surface area contributed by atoms with Crippen LogP contribution in [-0.2, 0) is 17.5 Å². The number of aliphatic hydroxyl groups is 1. The third-order valence-corrected chi connectivity index (χ3v) is 2.28. The zero-order valence-electron chi connectivity index (χ0n) is 9.91. The fraction of sp³-hybridized carbons (Fsp3) is 0.455. The molecule has 0 bridgehead atoms. The molecule has 1 aromatic heterocycles. The van der Waals surface area contributed by atoms with Crippen LogP contribution in [0.25, 0.3) is 0 Å². The maximum atomic E-state index is 12.4. The third kappa shape index (κ3) is 4.74. The number of nitrogens with zero attached hydrogens (tertiary/aromatic N) is 1. The second-order valence-electron chi connectivity index (χ2n) is 3.81. The van der Waals surface area contributed by atoms with Crippen molar-refractivity contribution in [3.05, 3.63) is 34.2 Å². The predicted octanol–water partition coefficient (Wildman–Crippen LogP) is 0.366. The summed E-state index contributed by atoms with van der Waals surface area (Å²) in [7, 11) is 0. The van der Waals surface area contributed by atoms with E-state index in [2.05, 4.69) is 5.32 Å². The second kappa shape index (κ2) is 6.37. The van der Waals surface area contributed by atoms with Crippen molar-refractivity contribution < 1.29 is 23.1 Å². The van der Waals surface area contributed by atoms with Gasteiger partial charge in [-0.15, -0.1) is 0 Å². The Labute approximate surface area is 106 Å². The van der Waals surface area contributed by atoms with E-state index in [0.29, 0.717) is 23.3 Å². The molecule has 8 heteroatoms. The molecule has 0 aliphatic heterocycles. The van der Waals surface area contributed by atoms with Crippen LogP contribution in [0, 0.1) is 0 Å². The second-order valence-corrected chi connectivity index (χ2v) is 3.81. The van der Waals surface area contributed by atoms with Gasteiger partial charge in [-0.3, -0.25) is 9.59 Å². The van der Waals surface area contributed by atoms with Gasteiger partial charge in [-0.1, -0.05) is 0 Å². The van der Waals surface area contributed by atoms with Crippen LogP contribution >= 0.6 is 0 Å². The van der Waals surface area contributed by atoms with Crippen molar-refractivity contribution in [1.29, 1.82) is 0 Å². The number of hydrogen-bond acceptors (Lipinski definition) is 3. The molecular formula is C11H13F3N2O3. The first-order chi connectivity index (χ1) is 8.84. The molecule has 19 heavy (non-hydrogen) atoms. The van der Waals surface area contributed by atoms with Crippen molar-refractivity contribution in [1.82, 2.24) is 9.88 Å². The lowest BCUT2D eigenvalue weighted by molar-refractivity contribution is -0.138. The van der Waals surface area contributed by atoms with Gasteiger partial charge in [0, 0.05) is 25.4 Å². The minimum atomic E-state index is -4.57. The Balaban J connectivity index is 2.78. The van der Waals surface area contributed by atoms with Gasteiger partial charge in [0.05, 0.1) is 5.56 Å². The minimum Gasteiger partial charge on any atom is -0.396 e. The van der Waals surface area contributed by atoms with Crippen molar-refractivity contribution in [2.75, 3.05) is 13.2 Å². The molecule has 0 radical (unpaired) electrons. The molecule has 106 valence electrons. The number of aliphatic hydroxyl groups excluding tert-OH is 1. The van der Waals surface area contributed by atoms with Crippen molar-refractivity contribution in [2.24, 2.45) is 0 Å². The average Bonchev–Trinajstić information content (AvgIpc) is 2.31. The normalized spacial score (nSPS) is 11.4. The largest absolute Gasteiger partial charge is 0.417 e. The number of carbonyl (C=O) groups excluding carboxylic acids is 1. The summed E-state index contributed by atoms with van der Waals surface area (Å²) >= 11 is 0. The topological polar surface area (TPSA) is 71.3 Å². The van der Waals surface area contributed by atoms with Gasteiger partial charge in [-0.05, 0) is 12.5 Å². The van der Waals surface area contributed by atoms with Crippen molar-refractivity contribution >= 4 is 5.91 Å². The molecule has 2 N–H and O–H groups in total. The van der Waals surface area contributed by atoms with E-state index in [1.165, 1.54) is 0 Å². The number of halogens is 3. The summed E-state index contributed by atoms with van der Waals surface area (Å²) in [6.45, 7) is -0.402. The van der Waals surface area contributed by atoms with Crippen molar-refractivity contribution in [3.63, 3.8) is 0 Å². The number of carbonyl (C=O) groups is 1. The van der Waals surface area contributed by atoms with E-state index in [-0.39, 0.29) is 13.2 Å². The lowest BCUT2D eigenvalue weighted by atomic mass is 10.3. The van der Waals surface area contributed by atoms with Crippen LogP contribution < -0.4 is 10.9 Å². The summed E-state index contributed by atoms with van der Waals surface area (Å²) < 4.78 is 38.0. The van der Waals surface area contributed by atoms with E-state index >= 15 is 0 Å². The average molecular weight is 278 g/mol. The molecule has 5 nitrogen and oxygen atoms in total. The molecule has 0 saturated heterocycles. The first kappa shape index (κ1) is 15.2. The molecule has 0 aliphatic rings. The quantitative estimate of drug-likeness (QED) is 0.764. The van der Waals surface area contributed by atoms with Gasteiger partial charge < -0.3 is 15.0 Å². The summed E-state index contributed by atoms with van der Waals surface area (Å²) in [5.41, 5.74) is -1.68. The maximum Gasteiger partial charge on any atom is 0.417 e. The van der Waals surface area contributed by atoms with Crippen molar-refractivity contribution in [3.8, 4) is 0 Å². The minimum absolute atomic E-state index is 0.107. The molecule has 0 atom stereocenters. The number of hydrogen-bond donors (Lipinski definition) is 2. The lowest BCUT2D eigenvalue weighted by Crippen LogP contribution is -2.33. The molecule has 0 fully saturated rings. The highest BCUT2D eigenvalue weighted by Gasteiger charge is 2.31. The first-order valence-corrected chi connectivity index (χ1v) is 5.50. The predicted molar refractivity (Wildman–Crippen MR) is 60.4 cm³/mol. The molecular weight excluding hydrogens is 265 g/mol. The number of pyridine rings is 1. The highest BCUT2D eigenvalue weighted by Crippen LogP contribution is 2.27. The van der Waals surface area contributed by atoms with Gasteiger partial charge in [0.15, 0.2) is 0 Å². The van der Waals surface area contributed by atoms with Crippen LogP contribution in [0.5, 0.6) is 0 Å². The lowest BCUT2D eigenvalue weighted by Gasteiger charge is -2.10.